The summed E-state index contributed by atoms with van der Waals surface area (Å²) in [4.78, 5) is 22.7. The van der Waals surface area contributed by atoms with Gasteiger partial charge in [0.15, 0.2) is 0 Å². The van der Waals surface area contributed by atoms with Crippen LogP contribution in [0.15, 0.2) is 30.3 Å². The SMILES string of the molecule is CCCCCCCCC(CCCC(=O)CC(C)=O)c1ccccc1. The zero-order chi connectivity index (χ0) is 17.6. The largest absolute Gasteiger partial charge is 0.300 e. The molecule has 1 unspecified atom stereocenters. The lowest BCUT2D eigenvalue weighted by Crippen LogP contribution is -2.06. The number of carbonyl (C=O) groups excluding carboxylic acids is 2. The van der Waals surface area contributed by atoms with E-state index in [0.717, 1.165) is 12.8 Å². The highest BCUT2D eigenvalue weighted by Gasteiger charge is 2.13. The first-order valence-electron chi connectivity index (χ1n) is 9.69. The Morgan fingerprint density at radius 2 is 1.50 bits per heavy atom. The number of benzene rings is 1. The van der Waals surface area contributed by atoms with Gasteiger partial charge in [0.2, 0.25) is 0 Å². The third-order valence-corrected chi connectivity index (χ3v) is 4.63. The topological polar surface area (TPSA) is 34.1 Å². The van der Waals surface area contributed by atoms with Crippen LogP contribution in [0.5, 0.6) is 0 Å². The highest BCUT2D eigenvalue weighted by atomic mass is 16.1. The number of hydrogen-bond donors (Lipinski definition) is 0. The van der Waals surface area contributed by atoms with Crippen LogP contribution in [-0.2, 0) is 9.59 Å². The molecule has 24 heavy (non-hydrogen) atoms. The fourth-order valence-corrected chi connectivity index (χ4v) is 3.29. The standard InChI is InChI=1S/C22H34O2/c1-3-4-5-6-7-9-13-21(20-14-10-8-11-15-20)16-12-17-22(24)18-19(2)23/h8,10-11,14-15,21H,3-7,9,12-13,16-18H2,1-2H3. The van der Waals surface area contributed by atoms with Gasteiger partial charge in [0.05, 0.1) is 6.42 Å². The zero-order valence-corrected chi connectivity index (χ0v) is 15.6. The van der Waals surface area contributed by atoms with E-state index in [9.17, 15) is 9.59 Å². The van der Waals surface area contributed by atoms with Gasteiger partial charge in [-0.15, -0.1) is 0 Å². The molecular formula is C22H34O2. The van der Waals surface area contributed by atoms with E-state index >= 15 is 0 Å². The smallest absolute Gasteiger partial charge is 0.140 e. The quantitative estimate of drug-likeness (QED) is 0.299. The first-order chi connectivity index (χ1) is 11.6. The summed E-state index contributed by atoms with van der Waals surface area (Å²) in [6.45, 7) is 3.74. The Bertz CT molecular complexity index is 464. The summed E-state index contributed by atoms with van der Waals surface area (Å²) in [5.74, 6) is 0.614. The maximum Gasteiger partial charge on any atom is 0.140 e. The van der Waals surface area contributed by atoms with Crippen LogP contribution in [0.1, 0.15) is 96.0 Å². The molecule has 1 aromatic carbocycles. The number of carbonyl (C=O) groups is 2. The van der Waals surface area contributed by atoms with E-state index in [2.05, 4.69) is 37.3 Å². The molecule has 0 amide bonds. The summed E-state index contributed by atoms with van der Waals surface area (Å²) in [7, 11) is 0. The van der Waals surface area contributed by atoms with Crippen LogP contribution in [0.4, 0.5) is 0 Å². The van der Waals surface area contributed by atoms with Gasteiger partial charge in [-0.05, 0) is 37.7 Å². The predicted octanol–water partition coefficient (Wildman–Crippen LogP) is 6.24. The molecule has 0 N–H and O–H groups in total. The molecule has 2 nitrogen and oxygen atoms in total. The fourth-order valence-electron chi connectivity index (χ4n) is 3.29. The van der Waals surface area contributed by atoms with Crippen LogP contribution >= 0.6 is 0 Å². The molecular weight excluding hydrogens is 296 g/mol. The Morgan fingerprint density at radius 1 is 0.875 bits per heavy atom. The van der Waals surface area contributed by atoms with Crippen molar-refractivity contribution in [2.45, 2.75) is 90.4 Å². The lowest BCUT2D eigenvalue weighted by molar-refractivity contribution is -0.125. The van der Waals surface area contributed by atoms with Gasteiger partial charge in [-0.3, -0.25) is 9.59 Å². The van der Waals surface area contributed by atoms with E-state index in [0.29, 0.717) is 12.3 Å². The van der Waals surface area contributed by atoms with E-state index in [-0.39, 0.29) is 18.0 Å². The third-order valence-electron chi connectivity index (χ3n) is 4.63. The molecule has 134 valence electrons. The molecule has 0 aliphatic heterocycles. The fraction of sp³-hybridized carbons (Fsp3) is 0.636. The number of rotatable bonds is 14. The lowest BCUT2D eigenvalue weighted by Gasteiger charge is -2.17. The predicted molar refractivity (Wildman–Crippen MR) is 101 cm³/mol. The average Bonchev–Trinajstić information content (AvgIpc) is 2.56. The summed E-state index contributed by atoms with van der Waals surface area (Å²) in [6.07, 6.45) is 11.7. The molecule has 0 fully saturated rings. The van der Waals surface area contributed by atoms with E-state index < -0.39 is 0 Å². The van der Waals surface area contributed by atoms with Crippen molar-refractivity contribution in [1.82, 2.24) is 0 Å². The molecule has 0 radical (unpaired) electrons. The molecule has 0 saturated heterocycles. The first-order valence-corrected chi connectivity index (χ1v) is 9.69. The monoisotopic (exact) mass is 330 g/mol. The number of unbranched alkanes of at least 4 members (excludes halogenated alkanes) is 5. The Hall–Kier alpha value is -1.44. The molecule has 1 rings (SSSR count). The van der Waals surface area contributed by atoms with Crippen molar-refractivity contribution in [3.8, 4) is 0 Å². The first kappa shape index (κ1) is 20.6. The van der Waals surface area contributed by atoms with Crippen LogP contribution in [-0.4, -0.2) is 11.6 Å². The van der Waals surface area contributed by atoms with Crippen molar-refractivity contribution in [1.29, 1.82) is 0 Å². The molecule has 0 heterocycles. The van der Waals surface area contributed by atoms with Crippen LogP contribution < -0.4 is 0 Å². The number of Topliss-reactive ketones (excluding diaryl/α,β-unsaturated/α-hetero) is 2. The average molecular weight is 331 g/mol. The molecule has 0 saturated carbocycles. The number of ketones is 2. The molecule has 0 aliphatic rings. The van der Waals surface area contributed by atoms with E-state index in [1.54, 1.807) is 0 Å². The molecule has 2 heteroatoms. The maximum atomic E-state index is 11.7. The van der Waals surface area contributed by atoms with Crippen LogP contribution in [0.25, 0.3) is 0 Å². The summed E-state index contributed by atoms with van der Waals surface area (Å²) >= 11 is 0. The van der Waals surface area contributed by atoms with Crippen molar-refractivity contribution in [2.24, 2.45) is 0 Å². The van der Waals surface area contributed by atoms with Crippen molar-refractivity contribution >= 4 is 11.6 Å². The van der Waals surface area contributed by atoms with Gasteiger partial charge in [-0.25, -0.2) is 0 Å². The third kappa shape index (κ3) is 9.64. The highest BCUT2D eigenvalue weighted by molar-refractivity contribution is 5.97. The molecule has 0 aliphatic carbocycles. The Morgan fingerprint density at radius 3 is 2.17 bits per heavy atom. The minimum absolute atomic E-state index is 0.0216. The van der Waals surface area contributed by atoms with Gasteiger partial charge in [-0.1, -0.05) is 75.8 Å². The van der Waals surface area contributed by atoms with Gasteiger partial charge in [0, 0.05) is 6.42 Å². The maximum absolute atomic E-state index is 11.7. The van der Waals surface area contributed by atoms with Crippen LogP contribution in [0.2, 0.25) is 0 Å². The molecule has 0 aromatic heterocycles. The summed E-state index contributed by atoms with van der Waals surface area (Å²) < 4.78 is 0. The van der Waals surface area contributed by atoms with Crippen LogP contribution in [0.3, 0.4) is 0 Å². The summed E-state index contributed by atoms with van der Waals surface area (Å²) in [5.41, 5.74) is 1.39. The van der Waals surface area contributed by atoms with Crippen molar-refractivity contribution in [3.05, 3.63) is 35.9 Å². The Balaban J connectivity index is 2.39. The van der Waals surface area contributed by atoms with Gasteiger partial charge < -0.3 is 0 Å². The molecule has 0 spiro atoms. The minimum Gasteiger partial charge on any atom is -0.300 e. The van der Waals surface area contributed by atoms with Gasteiger partial charge in [0.1, 0.15) is 11.6 Å². The zero-order valence-electron chi connectivity index (χ0n) is 15.6. The van der Waals surface area contributed by atoms with Crippen molar-refractivity contribution in [3.63, 3.8) is 0 Å². The van der Waals surface area contributed by atoms with Gasteiger partial charge in [-0.2, -0.15) is 0 Å². The molecule has 1 atom stereocenters. The minimum atomic E-state index is -0.0216. The second-order valence-electron chi connectivity index (χ2n) is 6.97. The lowest BCUT2D eigenvalue weighted by atomic mass is 9.88. The molecule has 0 bridgehead atoms. The summed E-state index contributed by atoms with van der Waals surface area (Å²) in [5, 5.41) is 0. The second-order valence-corrected chi connectivity index (χ2v) is 6.97. The summed E-state index contributed by atoms with van der Waals surface area (Å²) in [6, 6.07) is 10.7. The van der Waals surface area contributed by atoms with E-state index in [4.69, 9.17) is 0 Å². The normalized spacial score (nSPS) is 12.1. The highest BCUT2D eigenvalue weighted by Crippen LogP contribution is 2.28. The van der Waals surface area contributed by atoms with E-state index in [1.807, 2.05) is 0 Å². The Kier molecular flexibility index (Phi) is 11.1. The van der Waals surface area contributed by atoms with Crippen molar-refractivity contribution < 1.29 is 9.59 Å². The van der Waals surface area contributed by atoms with Crippen LogP contribution in [0, 0.1) is 0 Å². The van der Waals surface area contributed by atoms with Gasteiger partial charge in [0.25, 0.3) is 0 Å². The number of hydrogen-bond acceptors (Lipinski definition) is 2. The van der Waals surface area contributed by atoms with Gasteiger partial charge >= 0.3 is 0 Å². The second kappa shape index (κ2) is 12.9. The Labute approximate surface area is 148 Å². The molecule has 1 aromatic rings. The van der Waals surface area contributed by atoms with Crippen molar-refractivity contribution in [2.75, 3.05) is 0 Å². The van der Waals surface area contributed by atoms with E-state index in [1.165, 1.54) is 57.4 Å².